The summed E-state index contributed by atoms with van der Waals surface area (Å²) in [6.45, 7) is 0. The van der Waals surface area contributed by atoms with Gasteiger partial charge in [0.2, 0.25) is 5.78 Å². The predicted octanol–water partition coefficient (Wildman–Crippen LogP) is 5.62. The number of benzene rings is 4. The van der Waals surface area contributed by atoms with Gasteiger partial charge in [-0.05, 0) is 36.4 Å². The van der Waals surface area contributed by atoms with Crippen LogP contribution in [0.25, 0.3) is 0 Å². The molecule has 0 bridgehead atoms. The third-order valence-corrected chi connectivity index (χ3v) is 5.27. The topological polar surface area (TPSA) is 105 Å². The van der Waals surface area contributed by atoms with E-state index in [9.17, 15) is 19.2 Å². The van der Waals surface area contributed by atoms with Gasteiger partial charge in [-0.2, -0.15) is 0 Å². The van der Waals surface area contributed by atoms with Crippen molar-refractivity contribution < 1.29 is 38.1 Å². The van der Waals surface area contributed by atoms with Crippen LogP contribution in [0.5, 0.6) is 23.0 Å². The number of para-hydroxylation sites is 2. The summed E-state index contributed by atoms with van der Waals surface area (Å²) < 4.78 is 20.8. The van der Waals surface area contributed by atoms with E-state index in [1.165, 1.54) is 36.4 Å². The van der Waals surface area contributed by atoms with Crippen LogP contribution < -0.4 is 18.9 Å². The van der Waals surface area contributed by atoms with Crippen molar-refractivity contribution in [2.45, 2.75) is 0 Å². The molecule has 4 aromatic rings. The van der Waals surface area contributed by atoms with Crippen LogP contribution in [0.2, 0.25) is 0 Å². The van der Waals surface area contributed by atoms with Gasteiger partial charge in [-0.15, -0.1) is 0 Å². The Balaban J connectivity index is 1.45. The molecule has 0 amide bonds. The van der Waals surface area contributed by atoms with Crippen LogP contribution in [-0.2, 0) is 0 Å². The number of rotatable bonds is 4. The van der Waals surface area contributed by atoms with E-state index < -0.39 is 23.9 Å². The second-order valence-corrected chi connectivity index (χ2v) is 7.55. The second-order valence-electron chi connectivity index (χ2n) is 7.55. The fraction of sp³-hybridized carbons (Fsp3) is 0. The highest BCUT2D eigenvalue weighted by molar-refractivity contribution is 6.30. The van der Waals surface area contributed by atoms with Gasteiger partial charge in [-0.1, -0.05) is 60.7 Å². The summed E-state index contributed by atoms with van der Waals surface area (Å²) in [5, 5.41) is 0. The standard InChI is InChI=1S/C28H16O8/c29-25-19-13-7-15-21(35-27(31)33-17-9-3-1-4-10-17)23(19)26(30)24-20(25)14-8-16-22(24)36-28(32)34-18-11-5-2-6-12-18/h1-16H. The zero-order chi connectivity index (χ0) is 25.1. The van der Waals surface area contributed by atoms with Crippen LogP contribution in [0.3, 0.4) is 0 Å². The van der Waals surface area contributed by atoms with Crippen LogP contribution in [-0.4, -0.2) is 23.9 Å². The SMILES string of the molecule is O=C(Oc1ccccc1)Oc1cccc2c1C(=O)c1c(OC(=O)Oc3ccccc3)cccc1C2=O. The van der Waals surface area contributed by atoms with E-state index in [1.807, 2.05) is 0 Å². The minimum absolute atomic E-state index is 0.0431. The molecule has 5 rings (SSSR count). The zero-order valence-corrected chi connectivity index (χ0v) is 18.5. The number of hydrogen-bond acceptors (Lipinski definition) is 8. The summed E-state index contributed by atoms with van der Waals surface area (Å²) in [7, 11) is 0. The Labute approximate surface area is 204 Å². The lowest BCUT2D eigenvalue weighted by Crippen LogP contribution is -2.25. The number of fused-ring (bicyclic) bond motifs is 2. The smallest absolute Gasteiger partial charge is 0.395 e. The van der Waals surface area contributed by atoms with Crippen LogP contribution in [0.15, 0.2) is 97.1 Å². The molecule has 0 fully saturated rings. The summed E-state index contributed by atoms with van der Waals surface area (Å²) in [6.07, 6.45) is -2.17. The Morgan fingerprint density at radius 3 is 1.28 bits per heavy atom. The molecule has 8 nitrogen and oxygen atoms in total. The maximum atomic E-state index is 13.6. The van der Waals surface area contributed by atoms with Gasteiger partial charge in [0, 0.05) is 11.1 Å². The molecule has 0 heterocycles. The molecule has 0 N–H and O–H groups in total. The molecule has 176 valence electrons. The molecule has 36 heavy (non-hydrogen) atoms. The Hall–Kier alpha value is -5.24. The molecule has 0 saturated heterocycles. The van der Waals surface area contributed by atoms with Gasteiger partial charge >= 0.3 is 12.3 Å². The van der Waals surface area contributed by atoms with E-state index >= 15 is 0 Å². The minimum atomic E-state index is -1.09. The van der Waals surface area contributed by atoms with Crippen molar-refractivity contribution in [2.75, 3.05) is 0 Å². The van der Waals surface area contributed by atoms with E-state index in [1.54, 1.807) is 60.7 Å². The molecule has 0 atom stereocenters. The number of carbonyl (C=O) groups is 4. The van der Waals surface area contributed by atoms with Crippen LogP contribution in [0, 0.1) is 0 Å². The van der Waals surface area contributed by atoms with Crippen molar-refractivity contribution in [3.8, 4) is 23.0 Å². The normalized spacial score (nSPS) is 11.7. The largest absolute Gasteiger partial charge is 0.519 e. The highest BCUT2D eigenvalue weighted by atomic mass is 16.7. The zero-order valence-electron chi connectivity index (χ0n) is 18.5. The second kappa shape index (κ2) is 9.55. The molecular formula is C28H16O8. The minimum Gasteiger partial charge on any atom is -0.395 e. The van der Waals surface area contributed by atoms with Crippen molar-refractivity contribution in [1.29, 1.82) is 0 Å². The quantitative estimate of drug-likeness (QED) is 0.241. The summed E-state index contributed by atoms with van der Waals surface area (Å²) >= 11 is 0. The first kappa shape index (κ1) is 22.5. The summed E-state index contributed by atoms with van der Waals surface area (Å²) in [5.74, 6) is -1.01. The monoisotopic (exact) mass is 480 g/mol. The maximum Gasteiger partial charge on any atom is 0.519 e. The Kier molecular flexibility index (Phi) is 5.98. The molecule has 0 spiro atoms. The van der Waals surface area contributed by atoms with Gasteiger partial charge in [0.1, 0.15) is 23.0 Å². The average Bonchev–Trinajstić information content (AvgIpc) is 2.88. The molecule has 0 radical (unpaired) electrons. The Morgan fingerprint density at radius 2 is 0.861 bits per heavy atom. The lowest BCUT2D eigenvalue weighted by atomic mass is 9.83. The Morgan fingerprint density at radius 1 is 0.444 bits per heavy atom. The number of carbonyl (C=O) groups excluding carboxylic acids is 4. The van der Waals surface area contributed by atoms with Gasteiger partial charge in [0.25, 0.3) is 0 Å². The lowest BCUT2D eigenvalue weighted by molar-refractivity contribution is 0.0970. The van der Waals surface area contributed by atoms with E-state index in [2.05, 4.69) is 0 Å². The molecule has 0 unspecified atom stereocenters. The highest BCUT2D eigenvalue weighted by Gasteiger charge is 2.36. The molecule has 8 heteroatoms. The van der Waals surface area contributed by atoms with Crippen LogP contribution >= 0.6 is 0 Å². The van der Waals surface area contributed by atoms with Gasteiger partial charge in [-0.3, -0.25) is 9.59 Å². The third kappa shape index (κ3) is 4.43. The van der Waals surface area contributed by atoms with Crippen molar-refractivity contribution >= 4 is 23.9 Å². The highest BCUT2D eigenvalue weighted by Crippen LogP contribution is 2.37. The van der Waals surface area contributed by atoms with Crippen molar-refractivity contribution in [1.82, 2.24) is 0 Å². The van der Waals surface area contributed by atoms with Crippen LogP contribution in [0.4, 0.5) is 9.59 Å². The van der Waals surface area contributed by atoms with Gasteiger partial charge in [0.15, 0.2) is 5.78 Å². The molecule has 1 aliphatic carbocycles. The first-order valence-corrected chi connectivity index (χ1v) is 10.8. The number of ether oxygens (including phenoxy) is 4. The molecule has 0 aliphatic heterocycles. The molecule has 0 saturated carbocycles. The number of hydrogen-bond donors (Lipinski definition) is 0. The van der Waals surface area contributed by atoms with Crippen molar-refractivity contribution in [3.63, 3.8) is 0 Å². The number of ketones is 2. The van der Waals surface area contributed by atoms with E-state index in [4.69, 9.17) is 18.9 Å². The molecule has 0 aromatic heterocycles. The molecular weight excluding hydrogens is 464 g/mol. The summed E-state index contributed by atoms with van der Waals surface area (Å²) in [5.41, 5.74) is -0.206. The van der Waals surface area contributed by atoms with E-state index in [0.29, 0.717) is 0 Å². The van der Waals surface area contributed by atoms with Crippen molar-refractivity contribution in [2.24, 2.45) is 0 Å². The lowest BCUT2D eigenvalue weighted by Gasteiger charge is -2.21. The molecule has 4 aromatic carbocycles. The fourth-order valence-corrected chi connectivity index (χ4v) is 3.74. The van der Waals surface area contributed by atoms with Crippen LogP contribution in [0.1, 0.15) is 31.8 Å². The van der Waals surface area contributed by atoms with Crippen molar-refractivity contribution in [3.05, 3.63) is 119 Å². The Bertz CT molecular complexity index is 1380. The fourth-order valence-electron chi connectivity index (χ4n) is 3.74. The average molecular weight is 480 g/mol. The first-order valence-electron chi connectivity index (χ1n) is 10.8. The summed E-state index contributed by atoms with van der Waals surface area (Å²) in [6, 6.07) is 25.1. The summed E-state index contributed by atoms with van der Waals surface area (Å²) in [4.78, 5) is 51.5. The predicted molar refractivity (Wildman–Crippen MR) is 126 cm³/mol. The third-order valence-electron chi connectivity index (χ3n) is 5.27. The van der Waals surface area contributed by atoms with E-state index in [0.717, 1.165) is 0 Å². The maximum absolute atomic E-state index is 13.6. The van der Waals surface area contributed by atoms with Gasteiger partial charge < -0.3 is 18.9 Å². The van der Waals surface area contributed by atoms with Gasteiger partial charge in [0.05, 0.1) is 11.1 Å². The molecule has 1 aliphatic rings. The van der Waals surface area contributed by atoms with E-state index in [-0.39, 0.29) is 45.3 Å². The first-order chi connectivity index (χ1) is 17.5. The van der Waals surface area contributed by atoms with Gasteiger partial charge in [-0.25, -0.2) is 9.59 Å².